The van der Waals surface area contributed by atoms with Crippen LogP contribution in [0.5, 0.6) is 0 Å². The lowest BCUT2D eigenvalue weighted by Gasteiger charge is -2.61. The van der Waals surface area contributed by atoms with Gasteiger partial charge >= 0.3 is 0 Å². The highest BCUT2D eigenvalue weighted by Gasteiger charge is 2.60. The topological polar surface area (TPSA) is 72.2 Å². The van der Waals surface area contributed by atoms with E-state index >= 15 is 0 Å². The number of nitrogens with zero attached hydrogens (tertiary/aromatic N) is 1. The number of benzene rings is 2. The third-order valence-corrected chi connectivity index (χ3v) is 7.26. The number of carbonyl (C=O) groups excluding carboxylic acids is 1. The van der Waals surface area contributed by atoms with Crippen LogP contribution in [0.1, 0.15) is 44.1 Å². The maximum absolute atomic E-state index is 13.4. The van der Waals surface area contributed by atoms with Crippen molar-refractivity contribution in [2.75, 3.05) is 5.32 Å². The maximum atomic E-state index is 13.4. The standard InChI is InChI=1S/C23H24N2O3/c26-21(24-19-4-2-1-3-5-19)23-13-16-10-17(14-23)12-22(11-16,15-23)18-6-8-20(9-7-18)25(27)28/h1-9,16-17H,10-15H2,(H,24,26). The summed E-state index contributed by atoms with van der Waals surface area (Å²) in [7, 11) is 0. The van der Waals surface area contributed by atoms with Crippen LogP contribution in [0.25, 0.3) is 0 Å². The van der Waals surface area contributed by atoms with Gasteiger partial charge < -0.3 is 5.32 Å². The van der Waals surface area contributed by atoms with Crippen molar-refractivity contribution < 1.29 is 9.72 Å². The van der Waals surface area contributed by atoms with E-state index in [-0.39, 0.29) is 27.3 Å². The molecule has 4 aliphatic carbocycles. The molecule has 28 heavy (non-hydrogen) atoms. The third-order valence-electron chi connectivity index (χ3n) is 7.26. The monoisotopic (exact) mass is 376 g/mol. The lowest BCUT2D eigenvalue weighted by Crippen LogP contribution is -2.57. The van der Waals surface area contributed by atoms with Gasteiger partial charge in [0.05, 0.1) is 10.3 Å². The van der Waals surface area contributed by atoms with Gasteiger partial charge in [0.2, 0.25) is 5.91 Å². The zero-order valence-corrected chi connectivity index (χ0v) is 15.8. The van der Waals surface area contributed by atoms with E-state index in [0.29, 0.717) is 11.8 Å². The molecule has 0 aromatic heterocycles. The molecule has 2 unspecified atom stereocenters. The molecule has 0 spiro atoms. The summed E-state index contributed by atoms with van der Waals surface area (Å²) in [4.78, 5) is 24.1. The first-order chi connectivity index (χ1) is 13.5. The summed E-state index contributed by atoms with van der Waals surface area (Å²) in [5, 5.41) is 14.2. The number of nitro groups is 1. The number of nitro benzene ring substituents is 1. The van der Waals surface area contributed by atoms with Gasteiger partial charge in [0.25, 0.3) is 5.69 Å². The van der Waals surface area contributed by atoms with E-state index in [2.05, 4.69) is 5.32 Å². The number of para-hydroxylation sites is 1. The number of hydrogen-bond donors (Lipinski definition) is 1. The second-order valence-corrected chi connectivity index (χ2v) is 9.15. The van der Waals surface area contributed by atoms with Gasteiger partial charge in [-0.25, -0.2) is 0 Å². The van der Waals surface area contributed by atoms with E-state index in [4.69, 9.17) is 0 Å². The summed E-state index contributed by atoms with van der Waals surface area (Å²) in [5.74, 6) is 1.29. The van der Waals surface area contributed by atoms with Gasteiger partial charge in [0.15, 0.2) is 0 Å². The average molecular weight is 376 g/mol. The lowest BCUT2D eigenvalue weighted by atomic mass is 9.42. The average Bonchev–Trinajstić information content (AvgIpc) is 2.68. The molecular formula is C23H24N2O3. The fourth-order valence-electron chi connectivity index (χ4n) is 6.59. The molecule has 0 aliphatic heterocycles. The van der Waals surface area contributed by atoms with Crippen molar-refractivity contribution in [1.29, 1.82) is 0 Å². The highest BCUT2D eigenvalue weighted by atomic mass is 16.6. The molecule has 4 bridgehead atoms. The van der Waals surface area contributed by atoms with E-state index < -0.39 is 0 Å². The fraction of sp³-hybridized carbons (Fsp3) is 0.435. The highest BCUT2D eigenvalue weighted by Crippen LogP contribution is 2.66. The Labute approximate surface area is 164 Å². The Morgan fingerprint density at radius 1 is 0.964 bits per heavy atom. The zero-order valence-electron chi connectivity index (χ0n) is 15.8. The molecule has 2 aromatic carbocycles. The van der Waals surface area contributed by atoms with Crippen LogP contribution in [0.3, 0.4) is 0 Å². The molecule has 5 nitrogen and oxygen atoms in total. The van der Waals surface area contributed by atoms with Gasteiger partial charge in [-0.2, -0.15) is 0 Å². The van der Waals surface area contributed by atoms with Gasteiger partial charge in [-0.3, -0.25) is 14.9 Å². The zero-order chi connectivity index (χ0) is 19.4. The molecule has 4 aliphatic rings. The molecule has 0 saturated heterocycles. The van der Waals surface area contributed by atoms with Crippen LogP contribution in [-0.4, -0.2) is 10.8 Å². The molecule has 2 atom stereocenters. The minimum atomic E-state index is -0.349. The molecule has 0 heterocycles. The van der Waals surface area contributed by atoms with E-state index in [1.54, 1.807) is 12.1 Å². The second-order valence-electron chi connectivity index (χ2n) is 9.15. The minimum Gasteiger partial charge on any atom is -0.326 e. The van der Waals surface area contributed by atoms with Gasteiger partial charge in [0.1, 0.15) is 0 Å². The molecule has 6 rings (SSSR count). The number of carbonyl (C=O) groups is 1. The summed E-state index contributed by atoms with van der Waals surface area (Å²) in [6.45, 7) is 0. The molecule has 1 amide bonds. The molecule has 1 N–H and O–H groups in total. The Hall–Kier alpha value is -2.69. The number of hydrogen-bond acceptors (Lipinski definition) is 3. The van der Waals surface area contributed by atoms with Crippen molar-refractivity contribution in [3.63, 3.8) is 0 Å². The fourth-order valence-corrected chi connectivity index (χ4v) is 6.59. The molecule has 4 fully saturated rings. The Morgan fingerprint density at radius 3 is 2.21 bits per heavy atom. The van der Waals surface area contributed by atoms with Gasteiger partial charge in [-0.05, 0) is 73.5 Å². The van der Waals surface area contributed by atoms with Crippen molar-refractivity contribution >= 4 is 17.3 Å². The predicted octanol–water partition coefficient (Wildman–Crippen LogP) is 5.07. The van der Waals surface area contributed by atoms with Gasteiger partial charge in [0, 0.05) is 17.8 Å². The van der Waals surface area contributed by atoms with Crippen LogP contribution in [0.4, 0.5) is 11.4 Å². The van der Waals surface area contributed by atoms with Crippen molar-refractivity contribution in [2.24, 2.45) is 17.3 Å². The summed E-state index contributed by atoms with van der Waals surface area (Å²) in [6.07, 6.45) is 6.20. The first-order valence-corrected chi connectivity index (χ1v) is 10.1. The van der Waals surface area contributed by atoms with Crippen LogP contribution in [0.2, 0.25) is 0 Å². The SMILES string of the molecule is O=C(Nc1ccccc1)C12CC3CC(C1)CC(c1ccc([N+](=O)[O-])cc1)(C3)C2. The normalized spacial score (nSPS) is 32.9. The predicted molar refractivity (Wildman–Crippen MR) is 107 cm³/mol. The van der Waals surface area contributed by atoms with Crippen molar-refractivity contribution in [3.05, 3.63) is 70.3 Å². The van der Waals surface area contributed by atoms with Crippen molar-refractivity contribution in [2.45, 2.75) is 43.9 Å². The summed E-state index contributed by atoms with van der Waals surface area (Å²) >= 11 is 0. The van der Waals surface area contributed by atoms with Crippen LogP contribution >= 0.6 is 0 Å². The number of amides is 1. The molecule has 5 heteroatoms. The van der Waals surface area contributed by atoms with Crippen LogP contribution in [0, 0.1) is 27.4 Å². The smallest absolute Gasteiger partial charge is 0.269 e. The first-order valence-electron chi connectivity index (χ1n) is 10.1. The first kappa shape index (κ1) is 17.4. The van der Waals surface area contributed by atoms with E-state index in [0.717, 1.165) is 37.8 Å². The molecule has 4 saturated carbocycles. The number of nitrogens with one attached hydrogen (secondary N) is 1. The van der Waals surface area contributed by atoms with Crippen LogP contribution < -0.4 is 5.32 Å². The molecule has 2 aromatic rings. The van der Waals surface area contributed by atoms with E-state index in [9.17, 15) is 14.9 Å². The van der Waals surface area contributed by atoms with Gasteiger partial charge in [-0.15, -0.1) is 0 Å². The number of non-ortho nitro benzene ring substituents is 1. The Morgan fingerprint density at radius 2 is 1.61 bits per heavy atom. The second kappa shape index (κ2) is 6.16. The number of anilines is 1. The lowest BCUT2D eigenvalue weighted by molar-refractivity contribution is -0.384. The Bertz CT molecular complexity index is 909. The molecule has 144 valence electrons. The van der Waals surface area contributed by atoms with Crippen molar-refractivity contribution in [1.82, 2.24) is 0 Å². The van der Waals surface area contributed by atoms with Gasteiger partial charge in [-0.1, -0.05) is 30.3 Å². The minimum absolute atomic E-state index is 0.0206. The molecular weight excluding hydrogens is 352 g/mol. The number of rotatable bonds is 4. The quantitative estimate of drug-likeness (QED) is 0.598. The van der Waals surface area contributed by atoms with Crippen LogP contribution in [-0.2, 0) is 10.2 Å². The molecule has 0 radical (unpaired) electrons. The van der Waals surface area contributed by atoms with E-state index in [1.165, 1.54) is 12.0 Å². The van der Waals surface area contributed by atoms with Crippen molar-refractivity contribution in [3.8, 4) is 0 Å². The maximum Gasteiger partial charge on any atom is 0.269 e. The summed E-state index contributed by atoms with van der Waals surface area (Å²) in [6, 6.07) is 16.8. The Kier molecular flexibility index (Phi) is 3.83. The highest BCUT2D eigenvalue weighted by molar-refractivity contribution is 5.95. The third kappa shape index (κ3) is 2.72. The summed E-state index contributed by atoms with van der Waals surface area (Å²) in [5.41, 5.74) is 1.82. The summed E-state index contributed by atoms with van der Waals surface area (Å²) < 4.78 is 0. The van der Waals surface area contributed by atoms with E-state index in [1.807, 2.05) is 42.5 Å². The van der Waals surface area contributed by atoms with Crippen LogP contribution in [0.15, 0.2) is 54.6 Å². The Balaban J connectivity index is 1.47. The largest absolute Gasteiger partial charge is 0.326 e.